The molecule has 3 aromatic rings. The van der Waals surface area contributed by atoms with E-state index in [4.69, 9.17) is 21.4 Å². The van der Waals surface area contributed by atoms with Gasteiger partial charge in [0.15, 0.2) is 8.32 Å². The highest BCUT2D eigenvalue weighted by Crippen LogP contribution is 2.40. The molecule has 0 fully saturated rings. The Morgan fingerprint density at radius 1 is 0.853 bits per heavy atom. The third kappa shape index (κ3) is 6.41. The molecule has 34 heavy (non-hydrogen) atoms. The average molecular weight is 492 g/mol. The molecule has 0 aliphatic heterocycles. The first kappa shape index (κ1) is 25.8. The monoisotopic (exact) mass is 491 g/mol. The standard InChI is InChI=1S/C28H33NO3SSi/c1-27(2,3)34(4,5)32-28(21-22-15-9-6-10-16-22,26(33)31-24-19-13-8-14-20-24)29-25(30)23-17-11-7-12-18-23/h6-20H,21H2,1-5H3,(H,29,30)/t28-/m0/s1. The summed E-state index contributed by atoms with van der Waals surface area (Å²) in [5.41, 5.74) is 0.164. The minimum Gasteiger partial charge on any atom is -0.445 e. The highest BCUT2D eigenvalue weighted by Gasteiger charge is 2.49. The summed E-state index contributed by atoms with van der Waals surface area (Å²) in [5, 5.41) is 3.21. The fraction of sp³-hybridized carbons (Fsp3) is 0.286. The molecule has 0 saturated carbocycles. The lowest BCUT2D eigenvalue weighted by Crippen LogP contribution is -2.64. The van der Waals surface area contributed by atoms with E-state index in [9.17, 15) is 4.79 Å². The van der Waals surface area contributed by atoms with Gasteiger partial charge in [0.1, 0.15) is 5.75 Å². The Bertz CT molecular complexity index is 1100. The van der Waals surface area contributed by atoms with Gasteiger partial charge in [0.05, 0.1) is 0 Å². The fourth-order valence-corrected chi connectivity index (χ4v) is 4.99. The van der Waals surface area contributed by atoms with Crippen LogP contribution in [-0.4, -0.2) is 25.0 Å². The molecular weight excluding hydrogens is 458 g/mol. The number of carbonyl (C=O) groups excluding carboxylic acids is 1. The first-order valence-corrected chi connectivity index (χ1v) is 14.7. The molecule has 0 bridgehead atoms. The lowest BCUT2D eigenvalue weighted by Gasteiger charge is -2.45. The van der Waals surface area contributed by atoms with Crippen LogP contribution in [0, 0.1) is 0 Å². The van der Waals surface area contributed by atoms with Gasteiger partial charge < -0.3 is 14.5 Å². The molecule has 4 nitrogen and oxygen atoms in total. The summed E-state index contributed by atoms with van der Waals surface area (Å²) in [6.45, 7) is 10.8. The van der Waals surface area contributed by atoms with Crippen molar-refractivity contribution in [2.24, 2.45) is 0 Å². The minimum atomic E-state index is -2.42. The average Bonchev–Trinajstić information content (AvgIpc) is 2.80. The Labute approximate surface area is 209 Å². The van der Waals surface area contributed by atoms with Crippen molar-refractivity contribution in [2.75, 3.05) is 0 Å². The molecule has 1 N–H and O–H groups in total. The van der Waals surface area contributed by atoms with Crippen molar-refractivity contribution in [3.05, 3.63) is 102 Å². The number of hydrogen-bond donors (Lipinski definition) is 1. The van der Waals surface area contributed by atoms with Crippen molar-refractivity contribution >= 4 is 31.5 Å². The number of hydrogen-bond acceptors (Lipinski definition) is 4. The molecule has 0 unspecified atom stereocenters. The van der Waals surface area contributed by atoms with Crippen LogP contribution in [-0.2, 0) is 10.8 Å². The quantitative estimate of drug-likeness (QED) is 0.214. The normalized spacial score (nSPS) is 13.6. The number of carbonyl (C=O) groups is 1. The summed E-state index contributed by atoms with van der Waals surface area (Å²) in [5.74, 6) is 0.326. The minimum absolute atomic E-state index is 0.116. The summed E-state index contributed by atoms with van der Waals surface area (Å²) >= 11 is 5.89. The highest BCUT2D eigenvalue weighted by atomic mass is 32.1. The third-order valence-corrected chi connectivity index (χ3v) is 11.1. The fourth-order valence-electron chi connectivity index (χ4n) is 3.27. The molecule has 1 amide bonds. The van der Waals surface area contributed by atoms with Crippen molar-refractivity contribution in [1.82, 2.24) is 5.32 Å². The summed E-state index contributed by atoms with van der Waals surface area (Å²) in [4.78, 5) is 13.5. The molecule has 178 valence electrons. The van der Waals surface area contributed by atoms with Gasteiger partial charge in [-0.25, -0.2) is 0 Å². The zero-order valence-electron chi connectivity index (χ0n) is 20.5. The largest absolute Gasteiger partial charge is 0.445 e. The van der Waals surface area contributed by atoms with E-state index < -0.39 is 14.0 Å². The number of amides is 1. The van der Waals surface area contributed by atoms with Gasteiger partial charge in [-0.1, -0.05) is 87.5 Å². The van der Waals surface area contributed by atoms with E-state index in [0.717, 1.165) is 5.56 Å². The van der Waals surface area contributed by atoms with E-state index >= 15 is 0 Å². The van der Waals surface area contributed by atoms with E-state index in [2.05, 4.69) is 39.2 Å². The molecule has 0 aliphatic rings. The molecular formula is C28H33NO3SSi. The van der Waals surface area contributed by atoms with Gasteiger partial charge >= 0.3 is 0 Å². The number of nitrogens with one attached hydrogen (secondary N) is 1. The van der Waals surface area contributed by atoms with Crippen LogP contribution in [0.1, 0.15) is 36.7 Å². The predicted molar refractivity (Wildman–Crippen MR) is 145 cm³/mol. The van der Waals surface area contributed by atoms with Crippen LogP contribution >= 0.6 is 12.2 Å². The van der Waals surface area contributed by atoms with Crippen LogP contribution < -0.4 is 10.1 Å². The van der Waals surface area contributed by atoms with Crippen LogP contribution in [0.25, 0.3) is 0 Å². The predicted octanol–water partition coefficient (Wildman–Crippen LogP) is 6.78. The molecule has 0 heterocycles. The molecule has 0 spiro atoms. The second kappa shape index (κ2) is 10.6. The number of thiocarbonyl (C=S) groups is 1. The van der Waals surface area contributed by atoms with Crippen molar-refractivity contribution < 1.29 is 14.0 Å². The SMILES string of the molecule is CC(C)(C)[Si](C)(C)O[C@](Cc1ccccc1)(NC(=O)c1ccccc1)C(=S)Oc1ccccc1. The summed E-state index contributed by atoms with van der Waals surface area (Å²) in [6, 6.07) is 28.3. The molecule has 0 aliphatic carbocycles. The second-order valence-electron chi connectivity index (χ2n) is 9.87. The van der Waals surface area contributed by atoms with Crippen LogP contribution in [0.5, 0.6) is 5.75 Å². The first-order chi connectivity index (χ1) is 16.0. The maximum absolute atomic E-state index is 13.5. The zero-order valence-corrected chi connectivity index (χ0v) is 22.3. The number of rotatable bonds is 8. The van der Waals surface area contributed by atoms with E-state index in [1.54, 1.807) is 12.1 Å². The van der Waals surface area contributed by atoms with E-state index in [1.165, 1.54) is 0 Å². The van der Waals surface area contributed by atoms with E-state index in [1.807, 2.05) is 78.9 Å². The smallest absolute Gasteiger partial charge is 0.253 e. The van der Waals surface area contributed by atoms with Gasteiger partial charge in [-0.3, -0.25) is 4.79 Å². The zero-order chi connectivity index (χ0) is 24.8. The van der Waals surface area contributed by atoms with Crippen molar-refractivity contribution in [3.8, 4) is 5.75 Å². The maximum Gasteiger partial charge on any atom is 0.253 e. The van der Waals surface area contributed by atoms with Crippen molar-refractivity contribution in [2.45, 2.75) is 51.0 Å². The van der Waals surface area contributed by atoms with Gasteiger partial charge in [0, 0.05) is 12.0 Å². The Balaban J connectivity index is 2.10. The maximum atomic E-state index is 13.5. The van der Waals surface area contributed by atoms with E-state index in [-0.39, 0.29) is 16.0 Å². The van der Waals surface area contributed by atoms with Gasteiger partial charge in [-0.15, -0.1) is 0 Å². The molecule has 0 aromatic heterocycles. The van der Waals surface area contributed by atoms with Crippen molar-refractivity contribution in [3.63, 3.8) is 0 Å². The molecule has 1 atom stereocenters. The first-order valence-electron chi connectivity index (χ1n) is 11.4. The van der Waals surface area contributed by atoms with Gasteiger partial charge in [-0.2, -0.15) is 0 Å². The Morgan fingerprint density at radius 3 is 1.88 bits per heavy atom. The lowest BCUT2D eigenvalue weighted by atomic mass is 10.0. The van der Waals surface area contributed by atoms with E-state index in [0.29, 0.717) is 17.7 Å². The number of para-hydroxylation sites is 1. The highest BCUT2D eigenvalue weighted by molar-refractivity contribution is 7.80. The van der Waals surface area contributed by atoms with Crippen LogP contribution in [0.2, 0.25) is 18.1 Å². The summed E-state index contributed by atoms with van der Waals surface area (Å²) < 4.78 is 13.1. The van der Waals surface area contributed by atoms with Crippen LogP contribution in [0.4, 0.5) is 0 Å². The lowest BCUT2D eigenvalue weighted by molar-refractivity contribution is 0.0565. The van der Waals surface area contributed by atoms with Crippen LogP contribution in [0.15, 0.2) is 91.0 Å². The molecule has 0 radical (unpaired) electrons. The van der Waals surface area contributed by atoms with Gasteiger partial charge in [0.25, 0.3) is 5.91 Å². The molecule has 6 heteroatoms. The van der Waals surface area contributed by atoms with Gasteiger partial charge in [0.2, 0.25) is 10.8 Å². The Morgan fingerprint density at radius 2 is 1.35 bits per heavy atom. The third-order valence-electron chi connectivity index (χ3n) is 6.17. The topological polar surface area (TPSA) is 47.6 Å². The molecule has 3 aromatic carbocycles. The number of ether oxygens (including phenoxy) is 1. The van der Waals surface area contributed by atoms with Crippen molar-refractivity contribution in [1.29, 1.82) is 0 Å². The summed E-state index contributed by atoms with van der Waals surface area (Å²) in [6.07, 6.45) is 0.338. The number of benzene rings is 3. The summed E-state index contributed by atoms with van der Waals surface area (Å²) in [7, 11) is -2.42. The van der Waals surface area contributed by atoms with Crippen LogP contribution in [0.3, 0.4) is 0 Å². The second-order valence-corrected chi connectivity index (χ2v) is 15.0. The Hall–Kier alpha value is -2.80. The Kier molecular flexibility index (Phi) is 8.07. The molecule has 3 rings (SSSR count). The van der Waals surface area contributed by atoms with Gasteiger partial charge in [-0.05, 0) is 60.2 Å². The molecule has 0 saturated heterocycles.